The number of methoxy groups -OCH3 is 1. The van der Waals surface area contributed by atoms with Crippen LogP contribution in [0.15, 0.2) is 65.3 Å². The van der Waals surface area contributed by atoms with Crippen LogP contribution in [0.5, 0.6) is 17.2 Å². The summed E-state index contributed by atoms with van der Waals surface area (Å²) in [6.45, 7) is 5.16. The summed E-state index contributed by atoms with van der Waals surface area (Å²) in [5.74, 6) is 2.32. The van der Waals surface area contributed by atoms with Crippen LogP contribution in [-0.4, -0.2) is 39.8 Å². The second-order valence-corrected chi connectivity index (χ2v) is 9.23. The molecular weight excluding hydrogens is 458 g/mol. The van der Waals surface area contributed by atoms with Crippen LogP contribution in [0.4, 0.5) is 0 Å². The molecule has 0 saturated heterocycles. The highest BCUT2D eigenvalue weighted by Gasteiger charge is 2.43. The van der Waals surface area contributed by atoms with Crippen molar-refractivity contribution in [2.75, 3.05) is 13.7 Å². The number of carbonyl (C=O) groups is 1. The minimum Gasteiger partial charge on any atom is -0.507 e. The van der Waals surface area contributed by atoms with Gasteiger partial charge in [-0.2, -0.15) is 5.10 Å². The molecule has 1 aliphatic heterocycles. The number of H-pyrrole nitrogens is 1. The molecule has 2 N–H and O–H groups in total. The van der Waals surface area contributed by atoms with Gasteiger partial charge in [-0.25, -0.2) is 0 Å². The van der Waals surface area contributed by atoms with E-state index >= 15 is 0 Å². The maximum absolute atomic E-state index is 13.6. The Morgan fingerprint density at radius 1 is 1.14 bits per heavy atom. The maximum atomic E-state index is 13.6. The minimum absolute atomic E-state index is 0.0916. The number of phenols is 1. The first-order valence-corrected chi connectivity index (χ1v) is 12.0. The third kappa shape index (κ3) is 4.30. The van der Waals surface area contributed by atoms with Crippen molar-refractivity contribution < 1.29 is 23.8 Å². The molecular formula is C28H29N3O5. The molecule has 0 fully saturated rings. The van der Waals surface area contributed by atoms with Crippen LogP contribution >= 0.6 is 0 Å². The fourth-order valence-corrected chi connectivity index (χ4v) is 4.53. The van der Waals surface area contributed by atoms with Crippen LogP contribution in [-0.2, 0) is 6.54 Å². The number of nitrogens with zero attached hydrogens (tertiary/aromatic N) is 2. The van der Waals surface area contributed by atoms with Crippen molar-refractivity contribution in [1.82, 2.24) is 15.1 Å². The van der Waals surface area contributed by atoms with Gasteiger partial charge in [-0.1, -0.05) is 32.0 Å². The molecule has 4 aromatic rings. The van der Waals surface area contributed by atoms with Crippen molar-refractivity contribution in [3.05, 3.63) is 83.4 Å². The van der Waals surface area contributed by atoms with E-state index in [1.54, 1.807) is 42.5 Å². The topological polar surface area (TPSA) is 101 Å². The number of amides is 1. The van der Waals surface area contributed by atoms with Crippen molar-refractivity contribution in [2.24, 2.45) is 5.92 Å². The smallest absolute Gasteiger partial charge is 0.273 e. The van der Waals surface area contributed by atoms with E-state index in [0.29, 0.717) is 52.3 Å². The standard InChI is InChI=1S/C28H29N3O5/c1-17(2)12-14-36-22-11-10-18(15-23(22)34-3)27-24-25(20-8-4-5-9-21(20)32)29-30-26(24)28(33)31(27)16-19-7-6-13-35-19/h4-11,13,15,17,27,32H,12,14,16H2,1-3H3,(H,29,30)/t27-/m0/s1. The second-order valence-electron chi connectivity index (χ2n) is 9.23. The Labute approximate surface area is 209 Å². The van der Waals surface area contributed by atoms with Gasteiger partial charge in [0.25, 0.3) is 5.91 Å². The van der Waals surface area contributed by atoms with Gasteiger partial charge in [0.1, 0.15) is 22.9 Å². The highest BCUT2D eigenvalue weighted by molar-refractivity contribution is 6.00. The lowest BCUT2D eigenvalue weighted by Crippen LogP contribution is -2.29. The van der Waals surface area contributed by atoms with Crippen LogP contribution < -0.4 is 9.47 Å². The molecule has 1 amide bonds. The number of phenolic OH excluding ortho intramolecular Hbond substituents is 1. The Hall–Kier alpha value is -4.20. The number of aromatic hydroxyl groups is 1. The van der Waals surface area contributed by atoms with Crippen LogP contribution in [0.2, 0.25) is 0 Å². The third-order valence-electron chi connectivity index (χ3n) is 6.39. The van der Waals surface area contributed by atoms with Gasteiger partial charge in [0.15, 0.2) is 11.5 Å². The number of carbonyl (C=O) groups excluding carboxylic acids is 1. The molecule has 2 aromatic heterocycles. The zero-order valence-electron chi connectivity index (χ0n) is 20.5. The SMILES string of the molecule is COc1cc([C@H]2c3c(-c4ccccc4O)n[nH]c3C(=O)N2Cc2ccco2)ccc1OCCC(C)C. The molecule has 0 spiro atoms. The Bertz CT molecular complexity index is 1360. The number of aromatic nitrogens is 2. The van der Waals surface area contributed by atoms with Crippen molar-refractivity contribution in [2.45, 2.75) is 32.9 Å². The zero-order chi connectivity index (χ0) is 25.2. The number of fused-ring (bicyclic) bond motifs is 1. The Morgan fingerprint density at radius 2 is 1.97 bits per heavy atom. The van der Waals surface area contributed by atoms with Crippen molar-refractivity contribution in [3.63, 3.8) is 0 Å². The van der Waals surface area contributed by atoms with Crippen LogP contribution in [0, 0.1) is 5.92 Å². The number of furan rings is 1. The van der Waals surface area contributed by atoms with E-state index in [4.69, 9.17) is 13.9 Å². The van der Waals surface area contributed by atoms with Crippen molar-refractivity contribution in [1.29, 1.82) is 0 Å². The molecule has 36 heavy (non-hydrogen) atoms. The highest BCUT2D eigenvalue weighted by Crippen LogP contribution is 2.46. The van der Waals surface area contributed by atoms with Gasteiger partial charge in [-0.05, 0) is 54.3 Å². The average molecular weight is 488 g/mol. The summed E-state index contributed by atoms with van der Waals surface area (Å²) in [6.07, 6.45) is 2.52. The van der Waals surface area contributed by atoms with Gasteiger partial charge in [-0.3, -0.25) is 9.89 Å². The van der Waals surface area contributed by atoms with Crippen LogP contribution in [0.25, 0.3) is 11.3 Å². The van der Waals surface area contributed by atoms with Gasteiger partial charge < -0.3 is 23.9 Å². The summed E-state index contributed by atoms with van der Waals surface area (Å²) in [4.78, 5) is 15.3. The third-order valence-corrected chi connectivity index (χ3v) is 6.39. The monoisotopic (exact) mass is 487 g/mol. The van der Waals surface area contributed by atoms with E-state index in [0.717, 1.165) is 12.0 Å². The summed E-state index contributed by atoms with van der Waals surface area (Å²) in [5, 5.41) is 17.9. The predicted molar refractivity (Wildman–Crippen MR) is 134 cm³/mol. The number of hydrogen-bond donors (Lipinski definition) is 2. The molecule has 8 nitrogen and oxygen atoms in total. The number of ether oxygens (including phenoxy) is 2. The first-order chi connectivity index (χ1) is 17.5. The number of para-hydroxylation sites is 1. The van der Waals surface area contributed by atoms with E-state index in [9.17, 15) is 9.90 Å². The summed E-state index contributed by atoms with van der Waals surface area (Å²) in [6, 6.07) is 15.8. The minimum atomic E-state index is -0.482. The van der Waals surface area contributed by atoms with E-state index in [-0.39, 0.29) is 18.2 Å². The number of nitrogens with one attached hydrogen (secondary N) is 1. The van der Waals surface area contributed by atoms with Gasteiger partial charge >= 0.3 is 0 Å². The van der Waals surface area contributed by atoms with E-state index in [2.05, 4.69) is 24.0 Å². The molecule has 8 heteroatoms. The quantitative estimate of drug-likeness (QED) is 0.321. The molecule has 0 saturated carbocycles. The molecule has 5 rings (SSSR count). The van der Waals surface area contributed by atoms with Crippen molar-refractivity contribution in [3.8, 4) is 28.5 Å². The summed E-state index contributed by atoms with van der Waals surface area (Å²) >= 11 is 0. The van der Waals surface area contributed by atoms with E-state index < -0.39 is 6.04 Å². The number of benzene rings is 2. The lowest BCUT2D eigenvalue weighted by molar-refractivity contribution is 0.0716. The first-order valence-electron chi connectivity index (χ1n) is 12.0. The molecule has 0 aliphatic carbocycles. The summed E-state index contributed by atoms with van der Waals surface area (Å²) in [7, 11) is 1.60. The van der Waals surface area contributed by atoms with E-state index in [1.165, 1.54) is 0 Å². The molecule has 3 heterocycles. The largest absolute Gasteiger partial charge is 0.507 e. The Morgan fingerprint density at radius 3 is 2.69 bits per heavy atom. The van der Waals surface area contributed by atoms with Gasteiger partial charge in [0, 0.05) is 11.1 Å². The Kier molecular flexibility index (Phi) is 6.41. The molecule has 0 bridgehead atoms. The molecule has 1 atom stereocenters. The average Bonchev–Trinajstić information content (AvgIpc) is 3.59. The summed E-state index contributed by atoms with van der Waals surface area (Å²) < 4.78 is 17.2. The van der Waals surface area contributed by atoms with Crippen LogP contribution in [0.3, 0.4) is 0 Å². The zero-order valence-corrected chi connectivity index (χ0v) is 20.5. The fourth-order valence-electron chi connectivity index (χ4n) is 4.53. The number of hydrogen-bond acceptors (Lipinski definition) is 6. The fraction of sp³-hybridized carbons (Fsp3) is 0.286. The summed E-state index contributed by atoms with van der Waals surface area (Å²) in [5.41, 5.74) is 3.00. The normalized spacial score (nSPS) is 14.9. The Balaban J connectivity index is 1.59. The second kappa shape index (κ2) is 9.81. The highest BCUT2D eigenvalue weighted by atomic mass is 16.5. The van der Waals surface area contributed by atoms with Crippen molar-refractivity contribution >= 4 is 5.91 Å². The van der Waals surface area contributed by atoms with Gasteiger partial charge in [0.2, 0.25) is 0 Å². The number of aromatic amines is 1. The lowest BCUT2D eigenvalue weighted by Gasteiger charge is -2.26. The molecule has 1 aliphatic rings. The molecule has 186 valence electrons. The number of rotatable bonds is 9. The predicted octanol–water partition coefficient (Wildman–Crippen LogP) is 5.55. The molecule has 2 aromatic carbocycles. The van der Waals surface area contributed by atoms with Gasteiger partial charge in [0.05, 0.1) is 32.6 Å². The van der Waals surface area contributed by atoms with E-state index in [1.807, 2.05) is 30.3 Å². The first kappa shape index (κ1) is 23.5. The lowest BCUT2D eigenvalue weighted by atomic mass is 9.95. The molecule has 0 radical (unpaired) electrons. The molecule has 0 unspecified atom stereocenters. The maximum Gasteiger partial charge on any atom is 0.273 e. The van der Waals surface area contributed by atoms with Gasteiger partial charge in [-0.15, -0.1) is 0 Å². The van der Waals surface area contributed by atoms with Crippen LogP contribution in [0.1, 0.15) is 53.7 Å².